The second-order valence-corrected chi connectivity index (χ2v) is 6.06. The summed E-state index contributed by atoms with van der Waals surface area (Å²) < 4.78 is 27.0. The zero-order chi connectivity index (χ0) is 17.1. The number of carbonyl (C=O) groups is 1. The number of aromatic nitrogens is 2. The third-order valence-electron chi connectivity index (χ3n) is 3.23. The van der Waals surface area contributed by atoms with Crippen molar-refractivity contribution in [2.45, 2.75) is 25.8 Å². The first-order chi connectivity index (χ1) is 10.8. The van der Waals surface area contributed by atoms with Crippen LogP contribution in [0.2, 0.25) is 10.0 Å². The first-order valence-corrected chi connectivity index (χ1v) is 7.60. The number of benzene rings is 1. The molecule has 124 valence electrons. The Balaban J connectivity index is 2.08. The van der Waals surface area contributed by atoms with Crippen LogP contribution >= 0.6 is 23.2 Å². The van der Waals surface area contributed by atoms with E-state index in [4.69, 9.17) is 23.2 Å². The third kappa shape index (κ3) is 4.42. The lowest BCUT2D eigenvalue weighted by molar-refractivity contribution is 0.0925. The Bertz CT molecular complexity index is 719. The molecule has 0 aliphatic heterocycles. The highest BCUT2D eigenvalue weighted by atomic mass is 35.5. The van der Waals surface area contributed by atoms with Gasteiger partial charge in [-0.15, -0.1) is 0 Å². The molecule has 2 rings (SSSR count). The van der Waals surface area contributed by atoms with Gasteiger partial charge in [-0.1, -0.05) is 29.3 Å². The Kier molecular flexibility index (Phi) is 5.59. The van der Waals surface area contributed by atoms with E-state index in [9.17, 15) is 13.6 Å². The van der Waals surface area contributed by atoms with Crippen molar-refractivity contribution < 1.29 is 13.6 Å². The van der Waals surface area contributed by atoms with Crippen LogP contribution < -0.4 is 5.32 Å². The molecule has 0 bridgehead atoms. The Hall–Kier alpha value is -1.66. The summed E-state index contributed by atoms with van der Waals surface area (Å²) in [6.45, 7) is 1.77. The summed E-state index contributed by atoms with van der Waals surface area (Å²) >= 11 is 11.9. The SMILES string of the molecule is C[C@H](Cc1ccc(Cl)cc1Cl)NC(=O)c1cn(C)nc1C(F)F. The van der Waals surface area contributed by atoms with Crippen LogP contribution in [0.1, 0.15) is 35.0 Å². The van der Waals surface area contributed by atoms with Crippen molar-refractivity contribution in [2.75, 3.05) is 0 Å². The number of nitrogens with zero attached hydrogens (tertiary/aromatic N) is 2. The van der Waals surface area contributed by atoms with Crippen molar-refractivity contribution in [3.05, 3.63) is 51.3 Å². The number of amides is 1. The minimum absolute atomic E-state index is 0.128. The Morgan fingerprint density at radius 3 is 2.70 bits per heavy atom. The van der Waals surface area contributed by atoms with E-state index in [2.05, 4.69) is 10.4 Å². The zero-order valence-corrected chi connectivity index (χ0v) is 14.0. The Morgan fingerprint density at radius 2 is 2.09 bits per heavy atom. The molecular weight excluding hydrogens is 347 g/mol. The molecule has 0 saturated carbocycles. The van der Waals surface area contributed by atoms with E-state index in [1.165, 1.54) is 17.9 Å². The van der Waals surface area contributed by atoms with Crippen LogP contribution in [0.15, 0.2) is 24.4 Å². The number of nitrogens with one attached hydrogen (secondary N) is 1. The summed E-state index contributed by atoms with van der Waals surface area (Å²) in [5, 5.41) is 7.31. The molecule has 0 spiro atoms. The van der Waals surface area contributed by atoms with Crippen LogP contribution in [-0.4, -0.2) is 21.7 Å². The fourth-order valence-electron chi connectivity index (χ4n) is 2.21. The standard InChI is InChI=1S/C15H15Cl2F2N3O/c1-8(5-9-3-4-10(16)6-12(9)17)20-15(23)11-7-22(2)21-13(11)14(18)19/h3-4,6-8,14H,5H2,1-2H3,(H,20,23)/t8-/m1/s1. The molecule has 0 fully saturated rings. The number of rotatable bonds is 5. The average Bonchev–Trinajstić information content (AvgIpc) is 2.84. The fraction of sp³-hybridized carbons (Fsp3) is 0.333. The predicted octanol–water partition coefficient (Wildman–Crippen LogP) is 4.03. The van der Waals surface area contributed by atoms with Crippen molar-refractivity contribution in [3.8, 4) is 0 Å². The molecule has 0 saturated heterocycles. The second kappa shape index (κ2) is 7.27. The fourth-order valence-corrected chi connectivity index (χ4v) is 2.70. The quantitative estimate of drug-likeness (QED) is 0.873. The van der Waals surface area contributed by atoms with E-state index < -0.39 is 18.0 Å². The van der Waals surface area contributed by atoms with Crippen LogP contribution in [0.3, 0.4) is 0 Å². The lowest BCUT2D eigenvalue weighted by Gasteiger charge is -2.15. The second-order valence-electron chi connectivity index (χ2n) is 5.22. The molecule has 2 aromatic rings. The Morgan fingerprint density at radius 1 is 1.39 bits per heavy atom. The molecular formula is C15H15Cl2F2N3O. The van der Waals surface area contributed by atoms with Gasteiger partial charge < -0.3 is 5.32 Å². The van der Waals surface area contributed by atoms with Crippen LogP contribution in [-0.2, 0) is 13.5 Å². The van der Waals surface area contributed by atoms with Gasteiger partial charge in [0.25, 0.3) is 12.3 Å². The first-order valence-electron chi connectivity index (χ1n) is 6.84. The monoisotopic (exact) mass is 361 g/mol. The van der Waals surface area contributed by atoms with Crippen LogP contribution in [0, 0.1) is 0 Å². The van der Waals surface area contributed by atoms with Gasteiger partial charge in [0.1, 0.15) is 5.69 Å². The molecule has 1 N–H and O–H groups in total. The van der Waals surface area contributed by atoms with Gasteiger partial charge in [0, 0.05) is 29.3 Å². The van der Waals surface area contributed by atoms with Gasteiger partial charge in [-0.05, 0) is 31.0 Å². The number of hydrogen-bond donors (Lipinski definition) is 1. The lowest BCUT2D eigenvalue weighted by atomic mass is 10.1. The van der Waals surface area contributed by atoms with E-state index in [0.717, 1.165) is 5.56 Å². The van der Waals surface area contributed by atoms with E-state index in [-0.39, 0.29) is 11.6 Å². The minimum atomic E-state index is -2.81. The van der Waals surface area contributed by atoms with Gasteiger partial charge in [0.15, 0.2) is 0 Å². The normalized spacial score (nSPS) is 12.5. The molecule has 0 aliphatic carbocycles. The maximum Gasteiger partial charge on any atom is 0.282 e. The number of hydrogen-bond acceptors (Lipinski definition) is 2. The molecule has 1 aromatic heterocycles. The minimum Gasteiger partial charge on any atom is -0.349 e. The van der Waals surface area contributed by atoms with E-state index in [1.807, 2.05) is 0 Å². The first kappa shape index (κ1) is 17.7. The molecule has 1 aromatic carbocycles. The third-order valence-corrected chi connectivity index (χ3v) is 3.81. The summed E-state index contributed by atoms with van der Waals surface area (Å²) in [6.07, 6.45) is -1.08. The number of halogens is 4. The molecule has 23 heavy (non-hydrogen) atoms. The van der Waals surface area contributed by atoms with E-state index >= 15 is 0 Å². The summed E-state index contributed by atoms with van der Waals surface area (Å²) in [6, 6.07) is 4.78. The van der Waals surface area contributed by atoms with E-state index in [1.54, 1.807) is 25.1 Å². The van der Waals surface area contributed by atoms with Crippen molar-refractivity contribution in [1.82, 2.24) is 15.1 Å². The van der Waals surface area contributed by atoms with Gasteiger partial charge in [0.2, 0.25) is 0 Å². The highest BCUT2D eigenvalue weighted by Crippen LogP contribution is 2.23. The predicted molar refractivity (Wildman–Crippen MR) is 85.3 cm³/mol. The Labute approximate surface area is 142 Å². The lowest BCUT2D eigenvalue weighted by Crippen LogP contribution is -2.34. The maximum absolute atomic E-state index is 12.9. The average molecular weight is 362 g/mol. The number of carbonyl (C=O) groups excluding carboxylic acids is 1. The largest absolute Gasteiger partial charge is 0.349 e. The van der Waals surface area contributed by atoms with Gasteiger partial charge in [-0.25, -0.2) is 8.78 Å². The van der Waals surface area contributed by atoms with Crippen LogP contribution in [0.5, 0.6) is 0 Å². The molecule has 1 amide bonds. The van der Waals surface area contributed by atoms with Crippen molar-refractivity contribution in [3.63, 3.8) is 0 Å². The zero-order valence-electron chi connectivity index (χ0n) is 12.5. The van der Waals surface area contributed by atoms with Crippen molar-refractivity contribution in [1.29, 1.82) is 0 Å². The van der Waals surface area contributed by atoms with Gasteiger partial charge in [0.05, 0.1) is 5.56 Å². The van der Waals surface area contributed by atoms with Gasteiger partial charge in [-0.3, -0.25) is 9.48 Å². The molecule has 8 heteroatoms. The number of aryl methyl sites for hydroxylation is 1. The highest BCUT2D eigenvalue weighted by molar-refractivity contribution is 6.35. The molecule has 0 aliphatic rings. The molecule has 0 radical (unpaired) electrons. The van der Waals surface area contributed by atoms with Gasteiger partial charge >= 0.3 is 0 Å². The van der Waals surface area contributed by atoms with Crippen molar-refractivity contribution in [2.24, 2.45) is 7.05 Å². The smallest absolute Gasteiger partial charge is 0.282 e. The molecule has 1 atom stereocenters. The van der Waals surface area contributed by atoms with Gasteiger partial charge in [-0.2, -0.15) is 5.10 Å². The number of alkyl halides is 2. The highest BCUT2D eigenvalue weighted by Gasteiger charge is 2.23. The summed E-state index contributed by atoms with van der Waals surface area (Å²) in [4.78, 5) is 12.2. The maximum atomic E-state index is 12.9. The van der Waals surface area contributed by atoms with E-state index in [0.29, 0.717) is 16.5 Å². The molecule has 4 nitrogen and oxygen atoms in total. The van der Waals surface area contributed by atoms with Crippen LogP contribution in [0.4, 0.5) is 8.78 Å². The molecule has 1 heterocycles. The topological polar surface area (TPSA) is 46.9 Å². The summed E-state index contributed by atoms with van der Waals surface area (Å²) in [5.74, 6) is -0.592. The van der Waals surface area contributed by atoms with Crippen LogP contribution in [0.25, 0.3) is 0 Å². The summed E-state index contributed by atoms with van der Waals surface area (Å²) in [5.41, 5.74) is 0.155. The summed E-state index contributed by atoms with van der Waals surface area (Å²) in [7, 11) is 1.49. The molecule has 0 unspecified atom stereocenters. The van der Waals surface area contributed by atoms with Crippen molar-refractivity contribution >= 4 is 29.1 Å².